The van der Waals surface area contributed by atoms with Gasteiger partial charge in [-0.1, -0.05) is 152 Å². The van der Waals surface area contributed by atoms with Crippen molar-refractivity contribution in [3.63, 3.8) is 0 Å². The Morgan fingerprint density at radius 2 is 0.824 bits per heavy atom. The average molecular weight is 649 g/mol. The first-order valence-electron chi connectivity index (χ1n) is 17.5. The molecule has 0 radical (unpaired) electrons. The number of para-hydroxylation sites is 1. The first-order valence-corrected chi connectivity index (χ1v) is 17.5. The van der Waals surface area contributed by atoms with E-state index in [1.54, 1.807) is 0 Å². The van der Waals surface area contributed by atoms with Crippen molar-refractivity contribution < 1.29 is 0 Å². The third-order valence-electron chi connectivity index (χ3n) is 10.2. The molecule has 8 aromatic carbocycles. The van der Waals surface area contributed by atoms with Gasteiger partial charge in [0.2, 0.25) is 0 Å². The Bertz CT molecular complexity index is 2870. The normalized spacial score (nSPS) is 11.5. The maximum absolute atomic E-state index is 4.98. The Morgan fingerprint density at radius 1 is 0.333 bits per heavy atom. The van der Waals surface area contributed by atoms with Crippen molar-refractivity contribution in [2.45, 2.75) is 0 Å². The van der Waals surface area contributed by atoms with Gasteiger partial charge in [0, 0.05) is 28.2 Å². The Labute approximate surface area is 296 Å². The standard InChI is InChI=1S/C49H32N2/c1-5-15-33(16-6-1)46-39-23-13-14-24-40(39)47(34-17-7-2-8-18-34)42-31-36(25-27-41(42)46)37-26-28-44-43(32-37)48-45(51(44)38-21-11-4-12-22-38)29-30-50-49(48)35-19-9-3-10-20-35/h1-32H. The molecule has 2 heterocycles. The summed E-state index contributed by atoms with van der Waals surface area (Å²) in [5.74, 6) is 0. The highest BCUT2D eigenvalue weighted by molar-refractivity contribution is 6.22. The van der Waals surface area contributed by atoms with E-state index in [0.29, 0.717) is 0 Å². The van der Waals surface area contributed by atoms with Gasteiger partial charge in [0.15, 0.2) is 0 Å². The van der Waals surface area contributed by atoms with Gasteiger partial charge in [-0.15, -0.1) is 0 Å². The summed E-state index contributed by atoms with van der Waals surface area (Å²) in [5.41, 5.74) is 12.9. The van der Waals surface area contributed by atoms with Crippen LogP contribution in [0, 0.1) is 0 Å². The molecule has 0 saturated carbocycles. The van der Waals surface area contributed by atoms with Crippen LogP contribution < -0.4 is 0 Å². The molecule has 0 aliphatic carbocycles. The fourth-order valence-corrected chi connectivity index (χ4v) is 8.00. The lowest BCUT2D eigenvalue weighted by Crippen LogP contribution is -1.93. The molecule has 2 aromatic heterocycles. The third kappa shape index (κ3) is 4.76. The summed E-state index contributed by atoms with van der Waals surface area (Å²) in [6.45, 7) is 0. The van der Waals surface area contributed by atoms with Crippen LogP contribution in [0.5, 0.6) is 0 Å². The highest BCUT2D eigenvalue weighted by atomic mass is 15.0. The molecule has 0 saturated heterocycles. The van der Waals surface area contributed by atoms with Crippen molar-refractivity contribution in [1.82, 2.24) is 9.55 Å². The maximum Gasteiger partial charge on any atom is 0.0802 e. The number of aromatic nitrogens is 2. The van der Waals surface area contributed by atoms with Crippen molar-refractivity contribution in [2.75, 3.05) is 0 Å². The SMILES string of the molecule is c1ccc(-c2c3ccccc3c(-c3ccccc3)c3cc(-c4ccc5c(c4)c4c(-c6ccccc6)nccc4n5-c4ccccc4)ccc23)cc1. The van der Waals surface area contributed by atoms with Crippen molar-refractivity contribution in [3.8, 4) is 50.3 Å². The van der Waals surface area contributed by atoms with Gasteiger partial charge < -0.3 is 4.57 Å². The molecule has 0 bridgehead atoms. The van der Waals surface area contributed by atoms with Crippen LogP contribution in [0.2, 0.25) is 0 Å². The van der Waals surface area contributed by atoms with E-state index in [0.717, 1.165) is 33.4 Å². The summed E-state index contributed by atoms with van der Waals surface area (Å²) >= 11 is 0. The van der Waals surface area contributed by atoms with Crippen LogP contribution >= 0.6 is 0 Å². The van der Waals surface area contributed by atoms with Crippen LogP contribution in [0.25, 0.3) is 93.7 Å². The maximum atomic E-state index is 4.98. The van der Waals surface area contributed by atoms with Gasteiger partial charge in [-0.25, -0.2) is 0 Å². The summed E-state index contributed by atoms with van der Waals surface area (Å²) in [5, 5.41) is 7.36. The first kappa shape index (κ1) is 29.2. The van der Waals surface area contributed by atoms with Gasteiger partial charge in [-0.2, -0.15) is 0 Å². The van der Waals surface area contributed by atoms with Crippen LogP contribution in [-0.4, -0.2) is 9.55 Å². The molecule has 10 aromatic rings. The highest BCUT2D eigenvalue weighted by Gasteiger charge is 2.20. The van der Waals surface area contributed by atoms with Crippen LogP contribution in [0.15, 0.2) is 194 Å². The predicted octanol–water partition coefficient (Wildman–Crippen LogP) is 13.2. The Morgan fingerprint density at radius 3 is 1.45 bits per heavy atom. The average Bonchev–Trinajstić information content (AvgIpc) is 3.55. The van der Waals surface area contributed by atoms with E-state index in [9.17, 15) is 0 Å². The summed E-state index contributed by atoms with van der Waals surface area (Å²) < 4.78 is 2.37. The van der Waals surface area contributed by atoms with Gasteiger partial charge >= 0.3 is 0 Å². The van der Waals surface area contributed by atoms with E-state index in [1.165, 1.54) is 60.3 Å². The minimum Gasteiger partial charge on any atom is -0.309 e. The van der Waals surface area contributed by atoms with Crippen molar-refractivity contribution in [1.29, 1.82) is 0 Å². The topological polar surface area (TPSA) is 17.8 Å². The number of nitrogens with zero attached hydrogens (tertiary/aromatic N) is 2. The second kappa shape index (κ2) is 12.0. The van der Waals surface area contributed by atoms with Crippen molar-refractivity contribution >= 4 is 43.4 Å². The molecular weight excluding hydrogens is 617 g/mol. The molecule has 0 unspecified atom stereocenters. The third-order valence-corrected chi connectivity index (χ3v) is 10.2. The van der Waals surface area contributed by atoms with Crippen LogP contribution in [0.3, 0.4) is 0 Å². The molecule has 2 heteroatoms. The van der Waals surface area contributed by atoms with Gasteiger partial charge in [0.1, 0.15) is 0 Å². The van der Waals surface area contributed by atoms with E-state index in [2.05, 4.69) is 193 Å². The van der Waals surface area contributed by atoms with Gasteiger partial charge in [-0.3, -0.25) is 4.98 Å². The summed E-state index contributed by atoms with van der Waals surface area (Å²) in [7, 11) is 0. The van der Waals surface area contributed by atoms with Crippen molar-refractivity contribution in [2.24, 2.45) is 0 Å². The monoisotopic (exact) mass is 648 g/mol. The number of hydrogen-bond donors (Lipinski definition) is 0. The lowest BCUT2D eigenvalue weighted by atomic mass is 9.85. The number of benzene rings is 8. The fraction of sp³-hybridized carbons (Fsp3) is 0. The Kier molecular flexibility index (Phi) is 6.85. The molecule has 0 aliphatic heterocycles. The first-order chi connectivity index (χ1) is 25.3. The zero-order valence-electron chi connectivity index (χ0n) is 27.9. The lowest BCUT2D eigenvalue weighted by Gasteiger charge is -2.18. The van der Waals surface area contributed by atoms with Crippen molar-refractivity contribution in [3.05, 3.63) is 194 Å². The number of hydrogen-bond acceptors (Lipinski definition) is 1. The molecule has 0 amide bonds. The molecule has 2 nitrogen and oxygen atoms in total. The summed E-state index contributed by atoms with van der Waals surface area (Å²) in [4.78, 5) is 4.98. The second-order valence-corrected chi connectivity index (χ2v) is 13.1. The molecule has 10 rings (SSSR count). The largest absolute Gasteiger partial charge is 0.309 e. The molecule has 0 atom stereocenters. The quantitative estimate of drug-likeness (QED) is 0.170. The Balaban J connectivity index is 1.28. The lowest BCUT2D eigenvalue weighted by molar-refractivity contribution is 1.17. The molecule has 0 fully saturated rings. The van der Waals surface area contributed by atoms with Crippen LogP contribution in [0.4, 0.5) is 0 Å². The van der Waals surface area contributed by atoms with Gasteiger partial charge in [-0.05, 0) is 91.3 Å². The predicted molar refractivity (Wildman–Crippen MR) is 215 cm³/mol. The van der Waals surface area contributed by atoms with Crippen LogP contribution in [0.1, 0.15) is 0 Å². The minimum absolute atomic E-state index is 0.994. The molecular formula is C49H32N2. The highest BCUT2D eigenvalue weighted by Crippen LogP contribution is 2.45. The van der Waals surface area contributed by atoms with E-state index in [4.69, 9.17) is 4.98 Å². The molecule has 0 N–H and O–H groups in total. The zero-order valence-corrected chi connectivity index (χ0v) is 27.9. The summed E-state index contributed by atoms with van der Waals surface area (Å²) in [6.07, 6.45) is 1.94. The van der Waals surface area contributed by atoms with Gasteiger partial charge in [0.05, 0.1) is 16.7 Å². The molecule has 0 spiro atoms. The van der Waals surface area contributed by atoms with E-state index in [-0.39, 0.29) is 0 Å². The van der Waals surface area contributed by atoms with E-state index < -0.39 is 0 Å². The number of pyridine rings is 1. The fourth-order valence-electron chi connectivity index (χ4n) is 8.00. The number of fused-ring (bicyclic) bond motifs is 5. The molecule has 51 heavy (non-hydrogen) atoms. The van der Waals surface area contributed by atoms with Crippen LogP contribution in [-0.2, 0) is 0 Å². The zero-order chi connectivity index (χ0) is 33.7. The minimum atomic E-state index is 0.994. The second-order valence-electron chi connectivity index (χ2n) is 13.1. The van der Waals surface area contributed by atoms with E-state index in [1.807, 2.05) is 6.20 Å². The molecule has 0 aliphatic rings. The number of rotatable bonds is 5. The van der Waals surface area contributed by atoms with Gasteiger partial charge in [0.25, 0.3) is 0 Å². The smallest absolute Gasteiger partial charge is 0.0802 e. The Hall–Kier alpha value is -6.77. The summed E-state index contributed by atoms with van der Waals surface area (Å²) in [6, 6.07) is 67.8. The molecule has 238 valence electrons. The van der Waals surface area contributed by atoms with E-state index >= 15 is 0 Å².